The average molecular weight is 474 g/mol. The Bertz CT molecular complexity index is 1300. The summed E-state index contributed by atoms with van der Waals surface area (Å²) in [4.78, 5) is 37.8. The Morgan fingerprint density at radius 1 is 0.914 bits per heavy atom. The fourth-order valence-electron chi connectivity index (χ4n) is 3.36. The van der Waals surface area contributed by atoms with Crippen LogP contribution in [0.2, 0.25) is 0 Å². The van der Waals surface area contributed by atoms with Crippen molar-refractivity contribution in [2.24, 2.45) is 0 Å². The fraction of sp³-hybridized carbons (Fsp3) is 0.115. The SMILES string of the molecule is COC(=O)c1ccc(NC(=O)/C(=C\c2ccc3c(c2)OCO3)NC(=O)c2ccccc2OC)cc1. The molecule has 0 unspecified atom stereocenters. The largest absolute Gasteiger partial charge is 0.496 e. The van der Waals surface area contributed by atoms with Crippen molar-refractivity contribution < 1.29 is 33.3 Å². The first-order valence-corrected chi connectivity index (χ1v) is 10.5. The van der Waals surface area contributed by atoms with Crippen molar-refractivity contribution in [3.63, 3.8) is 0 Å². The smallest absolute Gasteiger partial charge is 0.337 e. The Hall–Kier alpha value is -4.79. The van der Waals surface area contributed by atoms with Gasteiger partial charge in [0.1, 0.15) is 11.4 Å². The molecule has 2 N–H and O–H groups in total. The van der Waals surface area contributed by atoms with Gasteiger partial charge >= 0.3 is 5.97 Å². The van der Waals surface area contributed by atoms with Crippen molar-refractivity contribution in [3.8, 4) is 17.2 Å². The zero-order chi connectivity index (χ0) is 24.8. The molecule has 1 heterocycles. The van der Waals surface area contributed by atoms with Gasteiger partial charge in [0, 0.05) is 5.69 Å². The summed E-state index contributed by atoms with van der Waals surface area (Å²) in [5.41, 5.74) is 1.62. The van der Waals surface area contributed by atoms with Gasteiger partial charge in [-0.3, -0.25) is 9.59 Å². The summed E-state index contributed by atoms with van der Waals surface area (Å²) in [5, 5.41) is 5.39. The number of esters is 1. The molecule has 1 aliphatic rings. The molecule has 0 saturated heterocycles. The molecular formula is C26H22N2O7. The molecule has 0 fully saturated rings. The highest BCUT2D eigenvalue weighted by atomic mass is 16.7. The van der Waals surface area contributed by atoms with E-state index in [0.29, 0.717) is 34.1 Å². The molecule has 1 aliphatic heterocycles. The molecule has 9 nitrogen and oxygen atoms in total. The molecule has 0 atom stereocenters. The van der Waals surface area contributed by atoms with Gasteiger partial charge in [-0.15, -0.1) is 0 Å². The van der Waals surface area contributed by atoms with Crippen LogP contribution in [-0.2, 0) is 9.53 Å². The maximum Gasteiger partial charge on any atom is 0.337 e. The number of methoxy groups -OCH3 is 2. The standard InChI is InChI=1S/C26H22N2O7/c1-32-21-6-4-3-5-19(21)24(29)28-20(13-16-7-12-22-23(14-16)35-15-34-22)25(30)27-18-10-8-17(9-11-18)26(31)33-2/h3-14H,15H2,1-2H3,(H,27,30)(H,28,29)/b20-13+. The van der Waals surface area contributed by atoms with Crippen molar-refractivity contribution in [2.75, 3.05) is 26.3 Å². The van der Waals surface area contributed by atoms with Crippen LogP contribution < -0.4 is 24.8 Å². The van der Waals surface area contributed by atoms with E-state index in [2.05, 4.69) is 15.4 Å². The number of fused-ring (bicyclic) bond motifs is 1. The van der Waals surface area contributed by atoms with Crippen LogP contribution in [0.5, 0.6) is 17.2 Å². The summed E-state index contributed by atoms with van der Waals surface area (Å²) >= 11 is 0. The second-order valence-corrected chi connectivity index (χ2v) is 7.35. The maximum absolute atomic E-state index is 13.2. The van der Waals surface area contributed by atoms with Crippen molar-refractivity contribution in [1.82, 2.24) is 5.32 Å². The third-order valence-electron chi connectivity index (χ3n) is 5.12. The third kappa shape index (κ3) is 5.41. The Morgan fingerprint density at radius 2 is 1.66 bits per heavy atom. The van der Waals surface area contributed by atoms with Crippen molar-refractivity contribution in [3.05, 3.63) is 89.1 Å². The van der Waals surface area contributed by atoms with Gasteiger partial charge in [-0.2, -0.15) is 0 Å². The minimum atomic E-state index is -0.572. The van der Waals surface area contributed by atoms with Crippen molar-refractivity contribution >= 4 is 29.5 Å². The molecule has 4 rings (SSSR count). The van der Waals surface area contributed by atoms with Gasteiger partial charge in [-0.05, 0) is 60.2 Å². The van der Waals surface area contributed by atoms with E-state index >= 15 is 0 Å². The van der Waals surface area contributed by atoms with Gasteiger partial charge in [-0.1, -0.05) is 18.2 Å². The summed E-state index contributed by atoms with van der Waals surface area (Å²) in [5.74, 6) is -0.0891. The number of amides is 2. The molecule has 9 heteroatoms. The number of hydrogen-bond donors (Lipinski definition) is 2. The van der Waals surface area contributed by atoms with Gasteiger partial charge in [0.15, 0.2) is 11.5 Å². The molecule has 0 aromatic heterocycles. The summed E-state index contributed by atoms with van der Waals surface area (Å²) in [6, 6.07) is 18.0. The van der Waals surface area contributed by atoms with Gasteiger partial charge in [0.05, 0.1) is 25.3 Å². The fourth-order valence-corrected chi connectivity index (χ4v) is 3.36. The Morgan fingerprint density at radius 3 is 2.40 bits per heavy atom. The second-order valence-electron chi connectivity index (χ2n) is 7.35. The molecule has 3 aromatic rings. The lowest BCUT2D eigenvalue weighted by Gasteiger charge is -2.13. The van der Waals surface area contributed by atoms with Crippen LogP contribution in [0.15, 0.2) is 72.4 Å². The number of hydrogen-bond acceptors (Lipinski definition) is 7. The van der Waals surface area contributed by atoms with E-state index in [0.717, 1.165) is 0 Å². The lowest BCUT2D eigenvalue weighted by atomic mass is 10.1. The van der Waals surface area contributed by atoms with E-state index in [1.54, 1.807) is 54.6 Å². The highest BCUT2D eigenvalue weighted by Gasteiger charge is 2.19. The Labute approximate surface area is 201 Å². The summed E-state index contributed by atoms with van der Waals surface area (Å²) < 4.78 is 20.7. The van der Waals surface area contributed by atoms with E-state index in [4.69, 9.17) is 14.2 Å². The van der Waals surface area contributed by atoms with E-state index < -0.39 is 17.8 Å². The first-order valence-electron chi connectivity index (χ1n) is 10.5. The molecule has 0 aliphatic carbocycles. The highest BCUT2D eigenvalue weighted by Crippen LogP contribution is 2.33. The van der Waals surface area contributed by atoms with E-state index in [-0.39, 0.29) is 18.1 Å². The number of carbonyl (C=O) groups excluding carboxylic acids is 3. The molecule has 3 aromatic carbocycles. The van der Waals surface area contributed by atoms with E-state index in [1.807, 2.05) is 0 Å². The zero-order valence-corrected chi connectivity index (χ0v) is 19.0. The average Bonchev–Trinajstić information content (AvgIpc) is 3.36. The zero-order valence-electron chi connectivity index (χ0n) is 19.0. The van der Waals surface area contributed by atoms with Crippen LogP contribution in [-0.4, -0.2) is 38.8 Å². The van der Waals surface area contributed by atoms with Crippen molar-refractivity contribution in [2.45, 2.75) is 0 Å². The molecule has 0 bridgehead atoms. The number of anilines is 1. The topological polar surface area (TPSA) is 112 Å². The molecule has 0 spiro atoms. The molecule has 0 radical (unpaired) electrons. The Balaban J connectivity index is 1.62. The second kappa shape index (κ2) is 10.4. The number of rotatable bonds is 7. The molecular weight excluding hydrogens is 452 g/mol. The highest BCUT2D eigenvalue weighted by molar-refractivity contribution is 6.11. The lowest BCUT2D eigenvalue weighted by molar-refractivity contribution is -0.113. The Kier molecular flexibility index (Phi) is 6.96. The minimum Gasteiger partial charge on any atom is -0.496 e. The van der Waals surface area contributed by atoms with Gasteiger partial charge in [0.2, 0.25) is 6.79 Å². The predicted molar refractivity (Wildman–Crippen MR) is 127 cm³/mol. The number of nitrogens with one attached hydrogen (secondary N) is 2. The summed E-state index contributed by atoms with van der Waals surface area (Å²) in [7, 11) is 2.75. The van der Waals surface area contributed by atoms with Crippen molar-refractivity contribution in [1.29, 1.82) is 0 Å². The van der Waals surface area contributed by atoms with Gasteiger partial charge in [0.25, 0.3) is 11.8 Å². The monoisotopic (exact) mass is 474 g/mol. The van der Waals surface area contributed by atoms with Crippen LogP contribution in [0.4, 0.5) is 5.69 Å². The van der Waals surface area contributed by atoms with E-state index in [9.17, 15) is 14.4 Å². The van der Waals surface area contributed by atoms with Crippen LogP contribution in [0.25, 0.3) is 6.08 Å². The predicted octanol–water partition coefficient (Wildman–Crippen LogP) is 3.62. The van der Waals surface area contributed by atoms with Crippen LogP contribution in [0.3, 0.4) is 0 Å². The third-order valence-corrected chi connectivity index (χ3v) is 5.12. The first kappa shape index (κ1) is 23.4. The number of carbonyl (C=O) groups is 3. The minimum absolute atomic E-state index is 0.0168. The van der Waals surface area contributed by atoms with Crippen LogP contribution in [0.1, 0.15) is 26.3 Å². The molecule has 0 saturated carbocycles. The molecule has 2 amide bonds. The van der Waals surface area contributed by atoms with E-state index in [1.165, 1.54) is 32.4 Å². The van der Waals surface area contributed by atoms with Crippen LogP contribution in [0, 0.1) is 0 Å². The number of benzene rings is 3. The van der Waals surface area contributed by atoms with Crippen LogP contribution >= 0.6 is 0 Å². The lowest BCUT2D eigenvalue weighted by Crippen LogP contribution is -2.31. The maximum atomic E-state index is 13.2. The summed E-state index contributed by atoms with van der Waals surface area (Å²) in [6.45, 7) is 0.113. The van der Waals surface area contributed by atoms with Gasteiger partial charge < -0.3 is 29.6 Å². The normalized spacial score (nSPS) is 12.0. The summed E-state index contributed by atoms with van der Waals surface area (Å²) in [6.07, 6.45) is 1.52. The first-order chi connectivity index (χ1) is 17.0. The molecule has 178 valence electrons. The number of para-hydroxylation sites is 1. The number of ether oxygens (including phenoxy) is 4. The quantitative estimate of drug-likeness (QED) is 0.397. The molecule has 35 heavy (non-hydrogen) atoms. The van der Waals surface area contributed by atoms with Gasteiger partial charge in [-0.25, -0.2) is 4.79 Å².